The van der Waals surface area contributed by atoms with Crippen molar-refractivity contribution in [3.63, 3.8) is 0 Å². The second kappa shape index (κ2) is 8.35. The SMILES string of the molecule is CCOC(=O)NCCCOCC1CCCO1. The van der Waals surface area contributed by atoms with Crippen molar-refractivity contribution in [1.82, 2.24) is 5.32 Å². The molecule has 5 heteroatoms. The molecule has 1 rings (SSSR count). The minimum Gasteiger partial charge on any atom is -0.450 e. The van der Waals surface area contributed by atoms with Crippen LogP contribution in [0.1, 0.15) is 26.2 Å². The largest absolute Gasteiger partial charge is 0.450 e. The van der Waals surface area contributed by atoms with Crippen molar-refractivity contribution in [2.24, 2.45) is 0 Å². The predicted molar refractivity (Wildman–Crippen MR) is 59.4 cm³/mol. The van der Waals surface area contributed by atoms with Crippen molar-refractivity contribution in [2.45, 2.75) is 32.3 Å². The summed E-state index contributed by atoms with van der Waals surface area (Å²) in [5.74, 6) is 0. The van der Waals surface area contributed by atoms with E-state index >= 15 is 0 Å². The van der Waals surface area contributed by atoms with Crippen molar-refractivity contribution in [1.29, 1.82) is 0 Å². The maximum Gasteiger partial charge on any atom is 0.407 e. The van der Waals surface area contributed by atoms with Crippen LogP contribution in [0.3, 0.4) is 0 Å². The van der Waals surface area contributed by atoms with E-state index in [1.165, 1.54) is 0 Å². The number of amides is 1. The summed E-state index contributed by atoms with van der Waals surface area (Å²) >= 11 is 0. The number of nitrogens with one attached hydrogen (secondary N) is 1. The molecule has 5 nitrogen and oxygen atoms in total. The lowest BCUT2D eigenvalue weighted by atomic mass is 10.2. The zero-order valence-corrected chi connectivity index (χ0v) is 9.87. The van der Waals surface area contributed by atoms with Crippen LogP contribution < -0.4 is 5.32 Å². The third-order valence-corrected chi connectivity index (χ3v) is 2.34. The predicted octanol–water partition coefficient (Wildman–Crippen LogP) is 1.32. The number of alkyl carbamates (subject to hydrolysis) is 1. The van der Waals surface area contributed by atoms with Crippen LogP contribution in [-0.2, 0) is 14.2 Å². The summed E-state index contributed by atoms with van der Waals surface area (Å²) in [7, 11) is 0. The Balaban J connectivity index is 1.82. The molecule has 0 bridgehead atoms. The third kappa shape index (κ3) is 5.92. The van der Waals surface area contributed by atoms with Gasteiger partial charge in [-0.1, -0.05) is 0 Å². The van der Waals surface area contributed by atoms with E-state index in [-0.39, 0.29) is 12.2 Å². The van der Waals surface area contributed by atoms with Crippen molar-refractivity contribution >= 4 is 6.09 Å². The van der Waals surface area contributed by atoms with E-state index in [9.17, 15) is 4.79 Å². The van der Waals surface area contributed by atoms with E-state index in [2.05, 4.69) is 5.32 Å². The molecule has 1 aliphatic heterocycles. The van der Waals surface area contributed by atoms with Crippen molar-refractivity contribution in [2.75, 3.05) is 33.0 Å². The topological polar surface area (TPSA) is 56.8 Å². The summed E-state index contributed by atoms with van der Waals surface area (Å²) < 4.78 is 15.6. The molecule has 1 aliphatic rings. The highest BCUT2D eigenvalue weighted by Gasteiger charge is 2.14. The van der Waals surface area contributed by atoms with E-state index in [4.69, 9.17) is 14.2 Å². The van der Waals surface area contributed by atoms with Gasteiger partial charge >= 0.3 is 6.09 Å². The molecule has 0 aromatic heterocycles. The highest BCUT2D eigenvalue weighted by atomic mass is 16.5. The molecule has 0 radical (unpaired) electrons. The Bertz CT molecular complexity index is 192. The molecule has 1 unspecified atom stereocenters. The lowest BCUT2D eigenvalue weighted by Crippen LogP contribution is -2.26. The summed E-state index contributed by atoms with van der Waals surface area (Å²) in [6, 6.07) is 0. The lowest BCUT2D eigenvalue weighted by Gasteiger charge is -2.10. The van der Waals surface area contributed by atoms with Gasteiger partial charge < -0.3 is 19.5 Å². The molecule has 1 heterocycles. The van der Waals surface area contributed by atoms with Crippen molar-refractivity contribution in [3.05, 3.63) is 0 Å². The summed E-state index contributed by atoms with van der Waals surface area (Å²) in [5.41, 5.74) is 0. The average Bonchev–Trinajstić information content (AvgIpc) is 2.76. The van der Waals surface area contributed by atoms with Gasteiger partial charge in [0.2, 0.25) is 0 Å². The minimum absolute atomic E-state index is 0.276. The van der Waals surface area contributed by atoms with Gasteiger partial charge in [-0.3, -0.25) is 0 Å². The maximum absolute atomic E-state index is 10.9. The molecule has 94 valence electrons. The van der Waals surface area contributed by atoms with Gasteiger partial charge in [0.1, 0.15) is 0 Å². The van der Waals surface area contributed by atoms with Crippen LogP contribution in [0.15, 0.2) is 0 Å². The molecule has 0 aromatic rings. The maximum atomic E-state index is 10.9. The first kappa shape index (κ1) is 13.3. The summed E-state index contributed by atoms with van der Waals surface area (Å²) in [5, 5.41) is 2.64. The van der Waals surface area contributed by atoms with E-state index < -0.39 is 0 Å². The van der Waals surface area contributed by atoms with Gasteiger partial charge in [0.25, 0.3) is 0 Å². The van der Waals surface area contributed by atoms with Crippen molar-refractivity contribution in [3.8, 4) is 0 Å². The molecule has 1 saturated heterocycles. The van der Waals surface area contributed by atoms with Crippen LogP contribution in [0.25, 0.3) is 0 Å². The molecule has 0 spiro atoms. The second-order valence-electron chi connectivity index (χ2n) is 3.71. The molecule has 1 N–H and O–H groups in total. The Hall–Kier alpha value is -0.810. The van der Waals surface area contributed by atoms with E-state index in [1.807, 2.05) is 0 Å². The quantitative estimate of drug-likeness (QED) is 0.671. The fraction of sp³-hybridized carbons (Fsp3) is 0.909. The number of rotatable bonds is 7. The standard InChI is InChI=1S/C11H21NO4/c1-2-15-11(13)12-6-4-7-14-9-10-5-3-8-16-10/h10H,2-9H2,1H3,(H,12,13). The first-order chi connectivity index (χ1) is 7.83. The van der Waals surface area contributed by atoms with Crippen molar-refractivity contribution < 1.29 is 19.0 Å². The van der Waals surface area contributed by atoms with Crippen LogP contribution in [-0.4, -0.2) is 45.2 Å². The molecule has 0 saturated carbocycles. The first-order valence-electron chi connectivity index (χ1n) is 5.93. The number of ether oxygens (including phenoxy) is 3. The zero-order chi connectivity index (χ0) is 11.6. The van der Waals surface area contributed by atoms with Crippen LogP contribution in [0, 0.1) is 0 Å². The number of carbonyl (C=O) groups excluding carboxylic acids is 1. The summed E-state index contributed by atoms with van der Waals surface area (Å²) in [6.07, 6.45) is 2.95. The molecule has 0 aliphatic carbocycles. The average molecular weight is 231 g/mol. The zero-order valence-electron chi connectivity index (χ0n) is 9.87. The number of hydrogen-bond donors (Lipinski definition) is 1. The number of carbonyl (C=O) groups is 1. The monoisotopic (exact) mass is 231 g/mol. The molecule has 1 amide bonds. The van der Waals surface area contributed by atoms with Gasteiger partial charge in [-0.2, -0.15) is 0 Å². The van der Waals surface area contributed by atoms with E-state index in [0.717, 1.165) is 25.9 Å². The normalized spacial score (nSPS) is 19.7. The van der Waals surface area contributed by atoms with E-state index in [0.29, 0.717) is 26.4 Å². The summed E-state index contributed by atoms with van der Waals surface area (Å²) in [6.45, 7) is 4.94. The van der Waals surface area contributed by atoms with Gasteiger partial charge in [0, 0.05) is 19.8 Å². The molecular formula is C11H21NO4. The van der Waals surface area contributed by atoms with Crippen LogP contribution in [0.2, 0.25) is 0 Å². The van der Waals surface area contributed by atoms with Crippen LogP contribution in [0.4, 0.5) is 4.79 Å². The molecular weight excluding hydrogens is 210 g/mol. The highest BCUT2D eigenvalue weighted by molar-refractivity contribution is 5.66. The Morgan fingerprint density at radius 3 is 3.12 bits per heavy atom. The Kier molecular flexibility index (Phi) is 6.92. The molecule has 1 fully saturated rings. The van der Waals surface area contributed by atoms with Gasteiger partial charge in [-0.15, -0.1) is 0 Å². The lowest BCUT2D eigenvalue weighted by molar-refractivity contribution is 0.0166. The Labute approximate surface area is 96.4 Å². The van der Waals surface area contributed by atoms with Gasteiger partial charge in [-0.05, 0) is 26.2 Å². The van der Waals surface area contributed by atoms with E-state index in [1.54, 1.807) is 6.92 Å². The fourth-order valence-corrected chi connectivity index (χ4v) is 1.54. The molecule has 0 aromatic carbocycles. The van der Waals surface area contributed by atoms with Gasteiger partial charge in [0.15, 0.2) is 0 Å². The summed E-state index contributed by atoms with van der Waals surface area (Å²) in [4.78, 5) is 10.9. The molecule has 1 atom stereocenters. The fourth-order valence-electron chi connectivity index (χ4n) is 1.54. The highest BCUT2D eigenvalue weighted by Crippen LogP contribution is 2.11. The minimum atomic E-state index is -0.360. The Morgan fingerprint density at radius 2 is 2.44 bits per heavy atom. The third-order valence-electron chi connectivity index (χ3n) is 2.34. The smallest absolute Gasteiger partial charge is 0.407 e. The van der Waals surface area contributed by atoms with Gasteiger partial charge in [-0.25, -0.2) is 4.79 Å². The number of hydrogen-bond acceptors (Lipinski definition) is 4. The van der Waals surface area contributed by atoms with Crippen LogP contribution >= 0.6 is 0 Å². The molecule has 16 heavy (non-hydrogen) atoms. The van der Waals surface area contributed by atoms with Gasteiger partial charge in [0.05, 0.1) is 19.3 Å². The first-order valence-corrected chi connectivity index (χ1v) is 5.93. The van der Waals surface area contributed by atoms with Crippen LogP contribution in [0.5, 0.6) is 0 Å². The second-order valence-corrected chi connectivity index (χ2v) is 3.71. The Morgan fingerprint density at radius 1 is 1.56 bits per heavy atom.